The molecule has 2 aromatic heterocycles. The molecule has 142 valence electrons. The van der Waals surface area contributed by atoms with Crippen molar-refractivity contribution in [2.24, 2.45) is 0 Å². The zero-order chi connectivity index (χ0) is 18.8. The third kappa shape index (κ3) is 3.57. The van der Waals surface area contributed by atoms with Crippen LogP contribution in [0.1, 0.15) is 40.6 Å². The van der Waals surface area contributed by atoms with E-state index in [-0.39, 0.29) is 23.1 Å². The quantitative estimate of drug-likeness (QED) is 0.877. The molecule has 0 unspecified atom stereocenters. The second-order valence-corrected chi connectivity index (χ2v) is 6.95. The van der Waals surface area contributed by atoms with E-state index in [2.05, 4.69) is 19.9 Å². The Bertz CT molecular complexity index is 891. The number of aromatic nitrogens is 3. The van der Waals surface area contributed by atoms with Gasteiger partial charge in [-0.2, -0.15) is 0 Å². The van der Waals surface area contributed by atoms with Gasteiger partial charge in [-0.25, -0.2) is 9.97 Å². The van der Waals surface area contributed by atoms with Crippen molar-refractivity contribution in [2.75, 3.05) is 37.7 Å². The lowest BCUT2D eigenvalue weighted by Gasteiger charge is -2.33. The predicted molar refractivity (Wildman–Crippen MR) is 99.9 cm³/mol. The highest BCUT2D eigenvalue weighted by Gasteiger charge is 2.29. The number of amides is 1. The summed E-state index contributed by atoms with van der Waals surface area (Å²) in [5.74, 6) is 0.448. The van der Waals surface area contributed by atoms with Crippen molar-refractivity contribution >= 4 is 11.9 Å². The van der Waals surface area contributed by atoms with E-state index < -0.39 is 0 Å². The maximum atomic E-state index is 12.9. The molecule has 0 aromatic carbocycles. The smallest absolute Gasteiger partial charge is 0.261 e. The van der Waals surface area contributed by atoms with Crippen molar-refractivity contribution < 1.29 is 9.53 Å². The average Bonchev–Trinajstić information content (AvgIpc) is 3.23. The van der Waals surface area contributed by atoms with Crippen LogP contribution in [0.5, 0.6) is 0 Å². The van der Waals surface area contributed by atoms with Gasteiger partial charge in [-0.1, -0.05) is 0 Å². The van der Waals surface area contributed by atoms with Gasteiger partial charge in [-0.3, -0.25) is 9.59 Å². The Morgan fingerprint density at radius 2 is 2.07 bits per heavy atom. The summed E-state index contributed by atoms with van der Waals surface area (Å²) >= 11 is 0. The molecule has 2 aliphatic rings. The maximum Gasteiger partial charge on any atom is 0.261 e. The van der Waals surface area contributed by atoms with Crippen LogP contribution in [0.15, 0.2) is 29.3 Å². The highest BCUT2D eigenvalue weighted by Crippen LogP contribution is 2.24. The fraction of sp³-hybridized carbons (Fsp3) is 0.474. The minimum atomic E-state index is -0.360. The second kappa shape index (κ2) is 7.48. The topological polar surface area (TPSA) is 91.4 Å². The normalized spacial score (nSPS) is 20.1. The molecule has 1 N–H and O–H groups in total. The van der Waals surface area contributed by atoms with Gasteiger partial charge in [0, 0.05) is 32.0 Å². The van der Waals surface area contributed by atoms with Crippen molar-refractivity contribution in [3.05, 3.63) is 51.7 Å². The fourth-order valence-corrected chi connectivity index (χ4v) is 3.62. The first-order chi connectivity index (χ1) is 13.1. The largest absolute Gasteiger partial charge is 0.368 e. The molecule has 8 heteroatoms. The number of H-pyrrole nitrogens is 1. The van der Waals surface area contributed by atoms with Crippen LogP contribution >= 0.6 is 0 Å². The third-order valence-corrected chi connectivity index (χ3v) is 5.12. The molecule has 0 radical (unpaired) electrons. The van der Waals surface area contributed by atoms with E-state index in [1.54, 1.807) is 30.3 Å². The van der Waals surface area contributed by atoms with E-state index in [1.807, 2.05) is 6.07 Å². The molecule has 1 atom stereocenters. The van der Waals surface area contributed by atoms with E-state index >= 15 is 0 Å². The number of pyridine rings is 1. The number of anilines is 1. The first-order valence-corrected chi connectivity index (χ1v) is 9.30. The molecule has 4 rings (SSSR count). The molecule has 1 amide bonds. The molecule has 8 nitrogen and oxygen atoms in total. The standard InChI is InChI=1S/C19H23N5O3/c1-13-4-6-20-17(25)16(13)18(26)24-10-11-27-15(12-24)14-5-7-21-19(22-14)23-8-2-3-9-23/h4-7,15H,2-3,8-12H2,1H3,(H,20,25)/t15-/m1/s1. The minimum absolute atomic E-state index is 0.193. The molecular weight excluding hydrogens is 346 g/mol. The van der Waals surface area contributed by atoms with Crippen LogP contribution < -0.4 is 10.5 Å². The van der Waals surface area contributed by atoms with Gasteiger partial charge in [-0.05, 0) is 37.5 Å². The molecule has 0 saturated carbocycles. The second-order valence-electron chi connectivity index (χ2n) is 6.95. The van der Waals surface area contributed by atoms with Gasteiger partial charge < -0.3 is 19.5 Å². The number of nitrogens with one attached hydrogen (secondary N) is 1. The monoisotopic (exact) mass is 369 g/mol. The highest BCUT2D eigenvalue weighted by atomic mass is 16.5. The Morgan fingerprint density at radius 1 is 1.26 bits per heavy atom. The maximum absolute atomic E-state index is 12.9. The van der Waals surface area contributed by atoms with Gasteiger partial charge in [0.05, 0.1) is 18.8 Å². The van der Waals surface area contributed by atoms with Gasteiger partial charge in [0.15, 0.2) is 0 Å². The number of aryl methyl sites for hydroxylation is 1. The van der Waals surface area contributed by atoms with Crippen molar-refractivity contribution in [3.8, 4) is 0 Å². The molecule has 2 saturated heterocycles. The molecule has 2 aliphatic heterocycles. The van der Waals surface area contributed by atoms with Crippen LogP contribution in [0.25, 0.3) is 0 Å². The highest BCUT2D eigenvalue weighted by molar-refractivity contribution is 5.95. The number of hydrogen-bond donors (Lipinski definition) is 1. The van der Waals surface area contributed by atoms with Gasteiger partial charge in [-0.15, -0.1) is 0 Å². The lowest BCUT2D eigenvalue weighted by atomic mass is 10.1. The number of morpholine rings is 1. The molecule has 0 spiro atoms. The van der Waals surface area contributed by atoms with Crippen LogP contribution in [-0.2, 0) is 4.74 Å². The van der Waals surface area contributed by atoms with Crippen LogP contribution in [0.4, 0.5) is 5.95 Å². The summed E-state index contributed by atoms with van der Waals surface area (Å²) < 4.78 is 5.87. The average molecular weight is 369 g/mol. The summed E-state index contributed by atoms with van der Waals surface area (Å²) in [6.45, 7) is 4.93. The third-order valence-electron chi connectivity index (χ3n) is 5.12. The Kier molecular flexibility index (Phi) is 4.89. The summed E-state index contributed by atoms with van der Waals surface area (Å²) in [7, 11) is 0. The molecule has 2 aromatic rings. The number of aromatic amines is 1. The molecule has 4 heterocycles. The molecule has 2 fully saturated rings. The van der Waals surface area contributed by atoms with E-state index in [0.29, 0.717) is 31.2 Å². The van der Waals surface area contributed by atoms with Gasteiger partial charge in [0.2, 0.25) is 5.95 Å². The summed E-state index contributed by atoms with van der Waals surface area (Å²) in [5, 5.41) is 0. The van der Waals surface area contributed by atoms with E-state index in [9.17, 15) is 9.59 Å². The van der Waals surface area contributed by atoms with Crippen molar-refractivity contribution in [1.82, 2.24) is 19.9 Å². The lowest BCUT2D eigenvalue weighted by Crippen LogP contribution is -2.44. The molecule has 0 bridgehead atoms. The molecule has 27 heavy (non-hydrogen) atoms. The van der Waals surface area contributed by atoms with Crippen molar-refractivity contribution in [1.29, 1.82) is 0 Å². The van der Waals surface area contributed by atoms with E-state index in [4.69, 9.17) is 4.74 Å². The number of ether oxygens (including phenoxy) is 1. The number of nitrogens with zero attached hydrogens (tertiary/aromatic N) is 4. The number of rotatable bonds is 3. The summed E-state index contributed by atoms with van der Waals surface area (Å²) in [5.41, 5.74) is 1.27. The van der Waals surface area contributed by atoms with E-state index in [1.165, 1.54) is 0 Å². The Morgan fingerprint density at radius 3 is 2.85 bits per heavy atom. The number of hydrogen-bond acceptors (Lipinski definition) is 6. The van der Waals surface area contributed by atoms with Crippen molar-refractivity contribution in [2.45, 2.75) is 25.9 Å². The van der Waals surface area contributed by atoms with Crippen LogP contribution in [-0.4, -0.2) is 58.5 Å². The summed E-state index contributed by atoms with van der Waals surface area (Å²) in [4.78, 5) is 40.5. The number of carbonyl (C=O) groups is 1. The zero-order valence-electron chi connectivity index (χ0n) is 15.4. The Balaban J connectivity index is 1.54. The molecule has 0 aliphatic carbocycles. The first kappa shape index (κ1) is 17.7. The fourth-order valence-electron chi connectivity index (χ4n) is 3.62. The van der Waals surface area contributed by atoms with Gasteiger partial charge in [0.1, 0.15) is 11.7 Å². The molecular formula is C19H23N5O3. The van der Waals surface area contributed by atoms with Gasteiger partial charge >= 0.3 is 0 Å². The van der Waals surface area contributed by atoms with Crippen molar-refractivity contribution in [3.63, 3.8) is 0 Å². The zero-order valence-corrected chi connectivity index (χ0v) is 15.4. The Labute approximate surface area is 157 Å². The van der Waals surface area contributed by atoms with Crippen LogP contribution in [0.3, 0.4) is 0 Å². The van der Waals surface area contributed by atoms with E-state index in [0.717, 1.165) is 31.6 Å². The predicted octanol–water partition coefficient (Wildman–Crippen LogP) is 1.29. The van der Waals surface area contributed by atoms with Crippen LogP contribution in [0, 0.1) is 6.92 Å². The first-order valence-electron chi connectivity index (χ1n) is 9.30. The summed E-state index contributed by atoms with van der Waals surface area (Å²) in [6, 6.07) is 3.57. The van der Waals surface area contributed by atoms with Gasteiger partial charge in [0.25, 0.3) is 11.5 Å². The minimum Gasteiger partial charge on any atom is -0.368 e. The van der Waals surface area contributed by atoms with Crippen LogP contribution in [0.2, 0.25) is 0 Å². The summed E-state index contributed by atoms with van der Waals surface area (Å²) in [6.07, 6.45) is 5.28. The number of carbonyl (C=O) groups excluding carboxylic acids is 1. The SMILES string of the molecule is Cc1cc[nH]c(=O)c1C(=O)N1CCO[C@@H](c2ccnc(N3CCCC3)n2)C1. The Hall–Kier alpha value is -2.74. The lowest BCUT2D eigenvalue weighted by molar-refractivity contribution is -0.0248.